The van der Waals surface area contributed by atoms with Crippen LogP contribution in [0.5, 0.6) is 5.75 Å². The number of fused-ring (bicyclic) bond motifs is 1. The number of carbonyl (C=O) groups is 1. The topological polar surface area (TPSA) is 133 Å². The quantitative estimate of drug-likeness (QED) is 0.670. The lowest BCUT2D eigenvalue weighted by Gasteiger charge is -2.19. The Hall–Kier alpha value is -3.49. The molecule has 1 aromatic carbocycles. The van der Waals surface area contributed by atoms with E-state index >= 15 is 0 Å². The van der Waals surface area contributed by atoms with Crippen LogP contribution in [0.4, 0.5) is 17.5 Å². The van der Waals surface area contributed by atoms with Gasteiger partial charge in [-0.25, -0.2) is 9.97 Å². The Kier molecular flexibility index (Phi) is 4.78. The molecule has 2 aromatic heterocycles. The lowest BCUT2D eigenvalue weighted by Crippen LogP contribution is -2.18. The van der Waals surface area contributed by atoms with E-state index in [2.05, 4.69) is 19.9 Å². The zero-order valence-electron chi connectivity index (χ0n) is 14.5. The number of nitrogens with two attached hydrogens (primary N) is 2. The van der Waals surface area contributed by atoms with Crippen LogP contribution in [0.1, 0.15) is 12.6 Å². The fourth-order valence-electron chi connectivity index (χ4n) is 2.39. The highest BCUT2D eigenvalue weighted by Crippen LogP contribution is 2.22. The third-order valence-electron chi connectivity index (χ3n) is 3.60. The summed E-state index contributed by atoms with van der Waals surface area (Å²) in [6.07, 6.45) is 1.63. The zero-order chi connectivity index (χ0) is 18.7. The van der Waals surface area contributed by atoms with Gasteiger partial charge < -0.3 is 21.1 Å². The van der Waals surface area contributed by atoms with Gasteiger partial charge in [-0.2, -0.15) is 9.97 Å². The lowest BCUT2D eigenvalue weighted by atomic mass is 10.2. The summed E-state index contributed by atoms with van der Waals surface area (Å²) in [4.78, 5) is 29.7. The number of hydrogen-bond donors (Lipinski definition) is 2. The maximum absolute atomic E-state index is 11.1. The summed E-state index contributed by atoms with van der Waals surface area (Å²) < 4.78 is 5.44. The van der Waals surface area contributed by atoms with Crippen molar-refractivity contribution in [3.63, 3.8) is 0 Å². The third-order valence-corrected chi connectivity index (χ3v) is 3.60. The number of hydrogen-bond acceptors (Lipinski definition) is 9. The number of nitrogens with zero attached hydrogens (tertiary/aromatic N) is 5. The summed E-state index contributed by atoms with van der Waals surface area (Å²) in [7, 11) is 1.92. The average molecular weight is 353 g/mol. The van der Waals surface area contributed by atoms with Crippen LogP contribution in [0.15, 0.2) is 30.5 Å². The summed E-state index contributed by atoms with van der Waals surface area (Å²) >= 11 is 0. The van der Waals surface area contributed by atoms with E-state index in [9.17, 15) is 4.79 Å². The summed E-state index contributed by atoms with van der Waals surface area (Å²) in [6.45, 7) is 2.02. The summed E-state index contributed by atoms with van der Waals surface area (Å²) in [5.41, 5.74) is 13.8. The van der Waals surface area contributed by atoms with Gasteiger partial charge in [0.1, 0.15) is 12.4 Å². The standard InChI is InChI=1S/C17H19N7O2/c1-10(25)9-26-13-5-3-4-12(6-13)24(2)8-11-7-20-16-14(21-11)15(18)22-17(19)23-16/h3-7H,8-9H2,1-2H3,(H4,18,19,20,22,23). The first-order chi connectivity index (χ1) is 12.4. The normalized spacial score (nSPS) is 10.7. The number of carbonyl (C=O) groups excluding carboxylic acids is 1. The fraction of sp³-hybridized carbons (Fsp3) is 0.235. The van der Waals surface area contributed by atoms with Crippen LogP contribution in [0.2, 0.25) is 0 Å². The smallest absolute Gasteiger partial charge is 0.224 e. The van der Waals surface area contributed by atoms with Crippen molar-refractivity contribution in [3.8, 4) is 5.75 Å². The molecule has 0 saturated heterocycles. The van der Waals surface area contributed by atoms with Crippen molar-refractivity contribution in [2.24, 2.45) is 0 Å². The van der Waals surface area contributed by atoms with E-state index in [0.29, 0.717) is 29.2 Å². The van der Waals surface area contributed by atoms with Crippen LogP contribution in [0, 0.1) is 0 Å². The average Bonchev–Trinajstić information content (AvgIpc) is 2.60. The van der Waals surface area contributed by atoms with Crippen LogP contribution in [-0.2, 0) is 11.3 Å². The van der Waals surface area contributed by atoms with Gasteiger partial charge in [-0.15, -0.1) is 0 Å². The minimum Gasteiger partial charge on any atom is -0.486 e. The second-order valence-corrected chi connectivity index (χ2v) is 5.84. The highest BCUT2D eigenvalue weighted by atomic mass is 16.5. The van der Waals surface area contributed by atoms with Crippen molar-refractivity contribution >= 4 is 34.4 Å². The molecule has 4 N–H and O–H groups in total. The molecule has 134 valence electrons. The molecular weight excluding hydrogens is 334 g/mol. The minimum atomic E-state index is -0.0318. The molecule has 9 heteroatoms. The molecule has 0 atom stereocenters. The maximum atomic E-state index is 11.1. The second kappa shape index (κ2) is 7.18. The highest BCUT2D eigenvalue weighted by Gasteiger charge is 2.10. The van der Waals surface area contributed by atoms with Gasteiger partial charge in [-0.05, 0) is 19.1 Å². The number of nitrogen functional groups attached to an aromatic ring is 2. The molecule has 0 bridgehead atoms. The van der Waals surface area contributed by atoms with Crippen molar-refractivity contribution in [3.05, 3.63) is 36.2 Å². The SMILES string of the molecule is CC(=O)COc1cccc(N(C)Cc2cnc3nc(N)nc(N)c3n2)c1. The maximum Gasteiger partial charge on any atom is 0.224 e. The van der Waals surface area contributed by atoms with Crippen molar-refractivity contribution in [1.82, 2.24) is 19.9 Å². The van der Waals surface area contributed by atoms with Gasteiger partial charge in [0, 0.05) is 18.8 Å². The minimum absolute atomic E-state index is 0.0318. The number of benzene rings is 1. The number of rotatable bonds is 6. The number of Topliss-reactive ketones (excluding diaryl/α,β-unsaturated/α-hetero) is 1. The number of aromatic nitrogens is 4. The molecule has 0 unspecified atom stereocenters. The molecule has 0 fully saturated rings. The largest absolute Gasteiger partial charge is 0.486 e. The Bertz CT molecular complexity index is 961. The first-order valence-corrected chi connectivity index (χ1v) is 7.90. The summed E-state index contributed by atoms with van der Waals surface area (Å²) in [5, 5.41) is 0. The lowest BCUT2D eigenvalue weighted by molar-refractivity contribution is -0.118. The molecule has 3 rings (SSSR count). The Morgan fingerprint density at radius 3 is 2.81 bits per heavy atom. The summed E-state index contributed by atoms with van der Waals surface area (Å²) in [6, 6.07) is 7.46. The van der Waals surface area contributed by atoms with Gasteiger partial charge in [0.25, 0.3) is 0 Å². The molecule has 0 radical (unpaired) electrons. The Morgan fingerprint density at radius 2 is 2.04 bits per heavy atom. The van der Waals surface area contributed by atoms with Crippen molar-refractivity contribution < 1.29 is 9.53 Å². The van der Waals surface area contributed by atoms with E-state index in [4.69, 9.17) is 16.2 Å². The molecule has 0 aliphatic carbocycles. The van der Waals surface area contributed by atoms with Crippen LogP contribution in [0.3, 0.4) is 0 Å². The van der Waals surface area contributed by atoms with Crippen molar-refractivity contribution in [2.45, 2.75) is 13.5 Å². The summed E-state index contributed by atoms with van der Waals surface area (Å²) in [5.74, 6) is 0.860. The second-order valence-electron chi connectivity index (χ2n) is 5.84. The number of anilines is 3. The van der Waals surface area contributed by atoms with E-state index in [0.717, 1.165) is 5.69 Å². The molecule has 0 aliphatic rings. The van der Waals surface area contributed by atoms with E-state index in [1.54, 1.807) is 12.3 Å². The van der Waals surface area contributed by atoms with Gasteiger partial charge >= 0.3 is 0 Å². The van der Waals surface area contributed by atoms with Gasteiger partial charge in [-0.3, -0.25) is 4.79 Å². The van der Waals surface area contributed by atoms with Gasteiger partial charge in [0.15, 0.2) is 22.8 Å². The molecule has 0 amide bonds. The van der Waals surface area contributed by atoms with Crippen LogP contribution in [0.25, 0.3) is 11.2 Å². The fourth-order valence-corrected chi connectivity index (χ4v) is 2.39. The van der Waals surface area contributed by atoms with E-state index in [-0.39, 0.29) is 24.2 Å². The number of ketones is 1. The zero-order valence-corrected chi connectivity index (χ0v) is 14.5. The van der Waals surface area contributed by atoms with E-state index in [1.807, 2.05) is 30.1 Å². The highest BCUT2D eigenvalue weighted by molar-refractivity contribution is 5.81. The Labute approximate surface area is 150 Å². The van der Waals surface area contributed by atoms with Gasteiger partial charge in [0.05, 0.1) is 18.4 Å². The Morgan fingerprint density at radius 1 is 1.23 bits per heavy atom. The van der Waals surface area contributed by atoms with Gasteiger partial charge in [-0.1, -0.05) is 6.07 Å². The first kappa shape index (κ1) is 17.3. The van der Waals surface area contributed by atoms with Crippen LogP contribution < -0.4 is 21.1 Å². The van der Waals surface area contributed by atoms with Crippen LogP contribution in [-0.4, -0.2) is 39.4 Å². The van der Waals surface area contributed by atoms with Crippen molar-refractivity contribution in [2.75, 3.05) is 30.0 Å². The molecular formula is C17H19N7O2. The van der Waals surface area contributed by atoms with Crippen LogP contribution >= 0.6 is 0 Å². The molecule has 0 spiro atoms. The molecule has 2 heterocycles. The monoisotopic (exact) mass is 353 g/mol. The first-order valence-electron chi connectivity index (χ1n) is 7.90. The molecule has 0 aliphatic heterocycles. The van der Waals surface area contributed by atoms with Gasteiger partial charge in [0.2, 0.25) is 5.95 Å². The number of ether oxygens (including phenoxy) is 1. The van der Waals surface area contributed by atoms with E-state index in [1.165, 1.54) is 6.92 Å². The predicted molar refractivity (Wildman–Crippen MR) is 98.7 cm³/mol. The third kappa shape index (κ3) is 3.94. The predicted octanol–water partition coefficient (Wildman–Crippen LogP) is 1.19. The molecule has 0 saturated carbocycles. The van der Waals surface area contributed by atoms with Crippen molar-refractivity contribution in [1.29, 1.82) is 0 Å². The van der Waals surface area contributed by atoms with E-state index < -0.39 is 0 Å². The molecule has 3 aromatic rings. The molecule has 9 nitrogen and oxygen atoms in total. The molecule has 26 heavy (non-hydrogen) atoms. The Balaban J connectivity index is 1.79.